The number of aromatic nitrogens is 2. The Morgan fingerprint density at radius 2 is 1.68 bits per heavy atom. The van der Waals surface area contributed by atoms with Gasteiger partial charge in [0.1, 0.15) is 5.82 Å². The van der Waals surface area contributed by atoms with Crippen LogP contribution in [0.2, 0.25) is 0 Å². The number of aryl methyl sites for hydroxylation is 1. The molecule has 0 spiro atoms. The van der Waals surface area contributed by atoms with E-state index in [1.165, 1.54) is 0 Å². The molecule has 0 amide bonds. The summed E-state index contributed by atoms with van der Waals surface area (Å²) in [4.78, 5) is 7.60. The van der Waals surface area contributed by atoms with Crippen LogP contribution in [0.5, 0.6) is 0 Å². The first-order valence-electron chi connectivity index (χ1n) is 8.17. The van der Waals surface area contributed by atoms with E-state index < -0.39 is 12.0 Å². The van der Waals surface area contributed by atoms with Gasteiger partial charge in [0.15, 0.2) is 0 Å². The van der Waals surface area contributed by atoms with Crippen LogP contribution in [0.1, 0.15) is 62.5 Å². The lowest BCUT2D eigenvalue weighted by Gasteiger charge is -2.29. The Hall–Kier alpha value is -1.33. The number of nitrogens with zero attached hydrogens (tertiary/aromatic N) is 2. The average molecular weight is 313 g/mol. The molecule has 1 saturated carbocycles. The zero-order valence-electron chi connectivity index (χ0n) is 12.8. The monoisotopic (exact) mass is 313 g/mol. The van der Waals surface area contributed by atoms with Crippen LogP contribution < -0.4 is 5.32 Å². The van der Waals surface area contributed by atoms with E-state index in [0.29, 0.717) is 23.9 Å². The van der Waals surface area contributed by atoms with Crippen molar-refractivity contribution in [3.63, 3.8) is 0 Å². The minimum Gasteiger partial charge on any atom is -0.367 e. The van der Waals surface area contributed by atoms with Gasteiger partial charge in [0.2, 0.25) is 5.82 Å². The van der Waals surface area contributed by atoms with Crippen LogP contribution in [0.4, 0.5) is 19.0 Å². The highest BCUT2D eigenvalue weighted by Crippen LogP contribution is 2.33. The van der Waals surface area contributed by atoms with Crippen molar-refractivity contribution in [1.29, 1.82) is 0 Å². The van der Waals surface area contributed by atoms with Gasteiger partial charge in [0, 0.05) is 17.3 Å². The lowest BCUT2D eigenvalue weighted by molar-refractivity contribution is -0.145. The molecule has 0 saturated heterocycles. The quantitative estimate of drug-likeness (QED) is 0.881. The van der Waals surface area contributed by atoms with Gasteiger partial charge in [-0.25, -0.2) is 9.97 Å². The average Bonchev–Trinajstić information content (AvgIpc) is 2.48. The molecule has 1 aromatic rings. The largest absolute Gasteiger partial charge is 0.451 e. The molecule has 2 aliphatic rings. The molecule has 0 unspecified atom stereocenters. The lowest BCUT2D eigenvalue weighted by Crippen LogP contribution is -2.28. The van der Waals surface area contributed by atoms with E-state index in [4.69, 9.17) is 0 Å². The van der Waals surface area contributed by atoms with Crippen molar-refractivity contribution in [1.82, 2.24) is 9.97 Å². The fourth-order valence-corrected chi connectivity index (χ4v) is 3.44. The number of alkyl halides is 3. The van der Waals surface area contributed by atoms with Gasteiger partial charge in [-0.1, -0.05) is 6.92 Å². The summed E-state index contributed by atoms with van der Waals surface area (Å²) in [7, 11) is 0. The van der Waals surface area contributed by atoms with Crippen LogP contribution in [0, 0.1) is 5.92 Å². The third kappa shape index (κ3) is 3.36. The summed E-state index contributed by atoms with van der Waals surface area (Å²) >= 11 is 0. The molecule has 122 valence electrons. The van der Waals surface area contributed by atoms with Gasteiger partial charge < -0.3 is 5.32 Å². The first kappa shape index (κ1) is 15.6. The van der Waals surface area contributed by atoms with Crippen molar-refractivity contribution in [2.75, 3.05) is 5.32 Å². The third-order valence-electron chi connectivity index (χ3n) is 4.79. The van der Waals surface area contributed by atoms with Crippen LogP contribution in [-0.2, 0) is 19.0 Å². The van der Waals surface area contributed by atoms with E-state index >= 15 is 0 Å². The summed E-state index contributed by atoms with van der Waals surface area (Å²) in [6.45, 7) is 2.23. The van der Waals surface area contributed by atoms with E-state index in [1.54, 1.807) is 0 Å². The molecule has 22 heavy (non-hydrogen) atoms. The molecule has 1 fully saturated rings. The van der Waals surface area contributed by atoms with Crippen molar-refractivity contribution in [3.05, 3.63) is 17.1 Å². The van der Waals surface area contributed by atoms with Crippen LogP contribution in [0.25, 0.3) is 0 Å². The van der Waals surface area contributed by atoms with Crippen LogP contribution >= 0.6 is 0 Å². The number of hydrogen-bond donors (Lipinski definition) is 1. The predicted molar refractivity (Wildman–Crippen MR) is 78.7 cm³/mol. The highest BCUT2D eigenvalue weighted by molar-refractivity contribution is 5.49. The number of halogens is 3. The molecular weight excluding hydrogens is 291 g/mol. The Morgan fingerprint density at radius 1 is 1.00 bits per heavy atom. The number of hydrogen-bond acceptors (Lipinski definition) is 3. The Bertz CT molecular complexity index is 534. The number of nitrogens with one attached hydrogen (secondary N) is 1. The SMILES string of the molecule is CC1CCC(Nc2nc(C(F)(F)F)nc3c2CCCC3)CC1. The standard InChI is InChI=1S/C16H22F3N3/c1-10-6-8-11(9-7-10)20-14-12-4-2-3-5-13(12)21-15(22-14)16(17,18)19/h10-11H,2-9H2,1H3,(H,20,21,22). The predicted octanol–water partition coefficient (Wildman–Crippen LogP) is 4.36. The second-order valence-electron chi connectivity index (χ2n) is 6.63. The molecule has 1 heterocycles. The highest BCUT2D eigenvalue weighted by Gasteiger charge is 2.37. The summed E-state index contributed by atoms with van der Waals surface area (Å²) < 4.78 is 39.0. The molecule has 6 heteroatoms. The Morgan fingerprint density at radius 3 is 2.36 bits per heavy atom. The molecule has 3 nitrogen and oxygen atoms in total. The topological polar surface area (TPSA) is 37.8 Å². The molecule has 0 bridgehead atoms. The number of rotatable bonds is 2. The number of fused-ring (bicyclic) bond motifs is 1. The van der Waals surface area contributed by atoms with Gasteiger partial charge >= 0.3 is 6.18 Å². The molecule has 0 aliphatic heterocycles. The van der Waals surface area contributed by atoms with Crippen molar-refractivity contribution in [3.8, 4) is 0 Å². The molecule has 1 N–H and O–H groups in total. The maximum absolute atomic E-state index is 13.0. The van der Waals surface area contributed by atoms with Crippen LogP contribution in [-0.4, -0.2) is 16.0 Å². The van der Waals surface area contributed by atoms with Gasteiger partial charge in [-0.2, -0.15) is 13.2 Å². The van der Waals surface area contributed by atoms with E-state index in [2.05, 4.69) is 22.2 Å². The van der Waals surface area contributed by atoms with Crippen LogP contribution in [0.15, 0.2) is 0 Å². The second-order valence-corrected chi connectivity index (χ2v) is 6.63. The van der Waals surface area contributed by atoms with Gasteiger partial charge in [-0.15, -0.1) is 0 Å². The van der Waals surface area contributed by atoms with E-state index in [-0.39, 0.29) is 6.04 Å². The van der Waals surface area contributed by atoms with E-state index in [0.717, 1.165) is 50.5 Å². The van der Waals surface area contributed by atoms with Crippen LogP contribution in [0.3, 0.4) is 0 Å². The van der Waals surface area contributed by atoms with Gasteiger partial charge in [0.05, 0.1) is 0 Å². The van der Waals surface area contributed by atoms with Crippen molar-refractivity contribution < 1.29 is 13.2 Å². The van der Waals surface area contributed by atoms with E-state index in [1.807, 2.05) is 0 Å². The zero-order valence-corrected chi connectivity index (χ0v) is 12.8. The maximum Gasteiger partial charge on any atom is 0.451 e. The number of anilines is 1. The van der Waals surface area contributed by atoms with Crippen molar-refractivity contribution in [2.45, 2.75) is 70.5 Å². The highest BCUT2D eigenvalue weighted by atomic mass is 19.4. The maximum atomic E-state index is 13.0. The second kappa shape index (κ2) is 6.05. The Labute approximate surface area is 128 Å². The first-order valence-corrected chi connectivity index (χ1v) is 8.17. The van der Waals surface area contributed by atoms with Gasteiger partial charge in [-0.3, -0.25) is 0 Å². The molecular formula is C16H22F3N3. The molecule has 0 aromatic carbocycles. The molecule has 0 radical (unpaired) electrons. The smallest absolute Gasteiger partial charge is 0.367 e. The summed E-state index contributed by atoms with van der Waals surface area (Å²) in [5.41, 5.74) is 1.48. The Kier molecular flexibility index (Phi) is 4.28. The summed E-state index contributed by atoms with van der Waals surface area (Å²) in [5.74, 6) is 0.138. The molecule has 1 aromatic heterocycles. The normalized spacial score (nSPS) is 25.6. The summed E-state index contributed by atoms with van der Waals surface area (Å²) in [6, 6.07) is 0.234. The molecule has 0 atom stereocenters. The van der Waals surface area contributed by atoms with Crippen molar-refractivity contribution >= 4 is 5.82 Å². The molecule has 2 aliphatic carbocycles. The Balaban J connectivity index is 1.88. The summed E-state index contributed by atoms with van der Waals surface area (Å²) in [5, 5.41) is 3.29. The third-order valence-corrected chi connectivity index (χ3v) is 4.79. The zero-order chi connectivity index (χ0) is 15.7. The fraction of sp³-hybridized carbons (Fsp3) is 0.750. The molecule has 3 rings (SSSR count). The van der Waals surface area contributed by atoms with Gasteiger partial charge in [0.25, 0.3) is 0 Å². The fourth-order valence-electron chi connectivity index (χ4n) is 3.44. The van der Waals surface area contributed by atoms with E-state index in [9.17, 15) is 13.2 Å². The van der Waals surface area contributed by atoms with Gasteiger partial charge in [-0.05, 0) is 57.3 Å². The first-order chi connectivity index (χ1) is 10.4. The summed E-state index contributed by atoms with van der Waals surface area (Å²) in [6.07, 6.45) is 3.07. The lowest BCUT2D eigenvalue weighted by atomic mass is 9.87. The minimum absolute atomic E-state index is 0.234. The minimum atomic E-state index is -4.48. The van der Waals surface area contributed by atoms with Crippen molar-refractivity contribution in [2.24, 2.45) is 5.92 Å².